The van der Waals surface area contributed by atoms with Crippen molar-refractivity contribution in [1.29, 1.82) is 0 Å². The van der Waals surface area contributed by atoms with Gasteiger partial charge in [-0.3, -0.25) is 0 Å². The summed E-state index contributed by atoms with van der Waals surface area (Å²) in [4.78, 5) is 54.4. The molecule has 14 heteroatoms. The molecule has 0 bridgehead atoms. The lowest BCUT2D eigenvalue weighted by Gasteiger charge is -2.29. The number of halogens is 1. The molecule has 2 aromatic heterocycles. The van der Waals surface area contributed by atoms with Crippen LogP contribution in [0.15, 0.2) is 24.3 Å². The van der Waals surface area contributed by atoms with Gasteiger partial charge in [0.25, 0.3) is 0 Å². The van der Waals surface area contributed by atoms with E-state index in [1.165, 1.54) is 11.3 Å². The van der Waals surface area contributed by atoms with E-state index in [0.717, 1.165) is 16.6 Å². The Labute approximate surface area is 290 Å². The summed E-state index contributed by atoms with van der Waals surface area (Å²) in [6.45, 7) is 19.5. The first-order chi connectivity index (χ1) is 22.2. The highest BCUT2D eigenvalue weighted by Gasteiger charge is 2.44. The first-order valence-electron chi connectivity index (χ1n) is 16.0. The van der Waals surface area contributed by atoms with Gasteiger partial charge in [0.15, 0.2) is 0 Å². The number of rotatable bonds is 6. The molecule has 2 heterocycles. The summed E-state index contributed by atoms with van der Waals surface area (Å²) < 4.78 is 23.5. The number of aromatic nitrogens is 3. The number of imide groups is 1. The van der Waals surface area contributed by atoms with E-state index in [2.05, 4.69) is 17.2 Å². The van der Waals surface area contributed by atoms with Gasteiger partial charge in [-0.2, -0.15) is 9.97 Å². The molecule has 0 aliphatic heterocycles. The molecule has 262 valence electrons. The molecule has 0 spiro atoms. The Kier molecular flexibility index (Phi) is 10.8. The molecule has 0 unspecified atom stereocenters. The number of carbonyl (C=O) groups is 3. The minimum atomic E-state index is -1.04. The number of thiazole rings is 1. The second-order valence-corrected chi connectivity index (χ2v) is 16.3. The van der Waals surface area contributed by atoms with Gasteiger partial charge in [0.1, 0.15) is 38.9 Å². The van der Waals surface area contributed by atoms with Crippen molar-refractivity contribution < 1.29 is 33.3 Å². The molecule has 4 atom stereocenters. The van der Waals surface area contributed by atoms with Crippen molar-refractivity contribution in [3.05, 3.63) is 29.4 Å². The maximum absolute atomic E-state index is 13.5. The fourth-order valence-corrected chi connectivity index (χ4v) is 6.71. The molecule has 1 aliphatic carbocycles. The quantitative estimate of drug-likeness (QED) is 0.149. The molecule has 1 N–H and O–H groups in total. The highest BCUT2D eigenvalue weighted by molar-refractivity contribution is 7.21. The summed E-state index contributed by atoms with van der Waals surface area (Å²) in [6, 6.07) is 7.17. The van der Waals surface area contributed by atoms with Crippen LogP contribution in [0.2, 0.25) is 5.15 Å². The number of fused-ring (bicyclic) bond motifs is 1. The summed E-state index contributed by atoms with van der Waals surface area (Å²) in [6.07, 6.45) is -1.99. The highest BCUT2D eigenvalue weighted by atomic mass is 35.5. The minimum absolute atomic E-state index is 0.0253. The largest absolute Gasteiger partial charge is 0.509 e. The van der Waals surface area contributed by atoms with Crippen LogP contribution in [0, 0.1) is 11.8 Å². The van der Waals surface area contributed by atoms with Gasteiger partial charge >= 0.3 is 18.3 Å². The van der Waals surface area contributed by atoms with Crippen LogP contribution in [0.25, 0.3) is 20.8 Å². The summed E-state index contributed by atoms with van der Waals surface area (Å²) >= 11 is 8.30. The van der Waals surface area contributed by atoms with Gasteiger partial charge in [0, 0.05) is 0 Å². The Morgan fingerprint density at radius 1 is 0.917 bits per heavy atom. The lowest BCUT2D eigenvalue weighted by molar-refractivity contribution is -0.0366. The number of hydrogen-bond acceptors (Lipinski definition) is 12. The molecule has 2 amide bonds. The standard InChI is InChI=1S/C34H46ClN5O7S/c1-12-19-17-21(24(18(19)2)44-31(43)47-34(9,10)11)36-26-23(27-37-20-15-13-14-16-22(20)48-27)25(35)38-28(39-26)40(29(41)45-32(3,4)5)30(42)46-33(6,7)8/h13-16,18-19,21,24H,12,17H2,1-11H3,(H,36,38,39)/t18-,19+,21-,24-/m1/s1. The van der Waals surface area contributed by atoms with E-state index in [-0.39, 0.29) is 28.8 Å². The van der Waals surface area contributed by atoms with Crippen molar-refractivity contribution in [3.63, 3.8) is 0 Å². The number of anilines is 2. The summed E-state index contributed by atoms with van der Waals surface area (Å²) in [5, 5.41) is 3.89. The van der Waals surface area contributed by atoms with Crippen molar-refractivity contribution in [2.45, 2.75) is 118 Å². The van der Waals surface area contributed by atoms with Crippen LogP contribution in [0.1, 0.15) is 89.0 Å². The van der Waals surface area contributed by atoms with Gasteiger partial charge in [-0.25, -0.2) is 19.4 Å². The van der Waals surface area contributed by atoms with Crippen molar-refractivity contribution in [3.8, 4) is 10.6 Å². The van der Waals surface area contributed by atoms with Crippen LogP contribution in [0.3, 0.4) is 0 Å². The van der Waals surface area contributed by atoms with Gasteiger partial charge in [-0.15, -0.1) is 16.2 Å². The van der Waals surface area contributed by atoms with Gasteiger partial charge < -0.3 is 24.3 Å². The van der Waals surface area contributed by atoms with Crippen molar-refractivity contribution >= 4 is 63.3 Å². The number of hydrogen-bond donors (Lipinski definition) is 1. The molecule has 1 aliphatic rings. The highest BCUT2D eigenvalue weighted by Crippen LogP contribution is 2.43. The second kappa shape index (κ2) is 14.0. The van der Waals surface area contributed by atoms with Gasteiger partial charge in [0.2, 0.25) is 5.95 Å². The molecular formula is C34H46ClN5O7S. The van der Waals surface area contributed by atoms with Crippen LogP contribution in [-0.4, -0.2) is 62.2 Å². The number of benzene rings is 1. The summed E-state index contributed by atoms with van der Waals surface area (Å²) in [7, 11) is 0. The summed E-state index contributed by atoms with van der Waals surface area (Å²) in [5.74, 6) is 0.00633. The van der Waals surface area contributed by atoms with Crippen LogP contribution >= 0.6 is 22.9 Å². The first kappa shape index (κ1) is 37.1. The van der Waals surface area contributed by atoms with E-state index >= 15 is 0 Å². The number of ether oxygens (including phenoxy) is 4. The third kappa shape index (κ3) is 9.25. The molecule has 48 heavy (non-hydrogen) atoms. The van der Waals surface area contributed by atoms with Crippen LogP contribution in [0.5, 0.6) is 0 Å². The number of nitrogens with one attached hydrogen (secondary N) is 1. The zero-order valence-electron chi connectivity index (χ0n) is 29.5. The van der Waals surface area contributed by atoms with Crippen molar-refractivity contribution in [2.24, 2.45) is 11.8 Å². The van der Waals surface area contributed by atoms with E-state index in [1.54, 1.807) is 62.3 Å². The molecule has 1 fully saturated rings. The van der Waals surface area contributed by atoms with Crippen LogP contribution in [-0.2, 0) is 18.9 Å². The maximum Gasteiger partial charge on any atom is 0.509 e. The molecule has 0 saturated heterocycles. The fraction of sp³-hybridized carbons (Fsp3) is 0.588. The molecule has 4 rings (SSSR count). The zero-order valence-corrected chi connectivity index (χ0v) is 31.0. The fourth-order valence-electron chi connectivity index (χ4n) is 5.39. The molecule has 1 aromatic carbocycles. The van der Waals surface area contributed by atoms with E-state index < -0.39 is 47.3 Å². The van der Waals surface area contributed by atoms with E-state index in [9.17, 15) is 14.4 Å². The van der Waals surface area contributed by atoms with Crippen molar-refractivity contribution in [2.75, 3.05) is 10.2 Å². The topological polar surface area (TPSA) is 142 Å². The van der Waals surface area contributed by atoms with E-state index in [1.807, 2.05) is 31.2 Å². The predicted molar refractivity (Wildman–Crippen MR) is 187 cm³/mol. The summed E-state index contributed by atoms with van der Waals surface area (Å²) in [5.41, 5.74) is -1.54. The third-order valence-electron chi connectivity index (χ3n) is 7.40. The Morgan fingerprint density at radius 3 is 2.04 bits per heavy atom. The maximum atomic E-state index is 13.5. The predicted octanol–water partition coefficient (Wildman–Crippen LogP) is 9.25. The Morgan fingerprint density at radius 2 is 1.50 bits per heavy atom. The third-order valence-corrected chi connectivity index (χ3v) is 8.72. The Balaban J connectivity index is 1.86. The second-order valence-electron chi connectivity index (χ2n) is 14.9. The van der Waals surface area contributed by atoms with Gasteiger partial charge in [-0.05, 0) is 92.7 Å². The van der Waals surface area contributed by atoms with E-state index in [0.29, 0.717) is 21.9 Å². The van der Waals surface area contributed by atoms with Crippen LogP contribution in [0.4, 0.5) is 26.1 Å². The smallest absolute Gasteiger partial charge is 0.443 e. The lowest BCUT2D eigenvalue weighted by atomic mass is 9.95. The van der Waals surface area contributed by atoms with Gasteiger partial charge in [-0.1, -0.05) is 44.0 Å². The average Bonchev–Trinajstić information content (AvgIpc) is 3.46. The monoisotopic (exact) mass is 703 g/mol. The molecule has 1 saturated carbocycles. The first-order valence-corrected chi connectivity index (χ1v) is 17.2. The van der Waals surface area contributed by atoms with Crippen molar-refractivity contribution in [1.82, 2.24) is 15.0 Å². The van der Waals surface area contributed by atoms with E-state index in [4.69, 9.17) is 40.5 Å². The Bertz CT molecular complexity index is 1600. The number of amides is 2. The van der Waals surface area contributed by atoms with Gasteiger partial charge in [0.05, 0.1) is 21.8 Å². The number of carbonyl (C=O) groups excluding carboxylic acids is 3. The average molecular weight is 704 g/mol. The Hall–Kier alpha value is -3.71. The molecule has 12 nitrogen and oxygen atoms in total. The zero-order chi connectivity index (χ0) is 35.8. The lowest BCUT2D eigenvalue weighted by Crippen LogP contribution is -2.45. The molecule has 0 radical (unpaired) electrons. The number of para-hydroxylation sites is 1. The SMILES string of the molecule is CC[C@H]1C[C@@H](Nc2nc(N(C(=O)OC(C)(C)C)C(=O)OC(C)(C)C)nc(Cl)c2-c2nc3ccccc3s2)[C@H](OC(=O)OC(C)(C)C)[C@@H]1C. The molecular weight excluding hydrogens is 658 g/mol. The molecule has 3 aromatic rings. The van der Waals surface area contributed by atoms with Crippen LogP contribution < -0.4 is 10.2 Å². The normalized spacial score (nSPS) is 19.9. The minimum Gasteiger partial charge on any atom is -0.443 e. The number of nitrogens with zero attached hydrogens (tertiary/aromatic N) is 4.